The molecular formula is C21H16ClFN4O3S. The van der Waals surface area contributed by atoms with Crippen molar-refractivity contribution in [2.75, 3.05) is 10.6 Å². The van der Waals surface area contributed by atoms with Crippen LogP contribution in [0.15, 0.2) is 58.5 Å². The number of benzene rings is 2. The van der Waals surface area contributed by atoms with Gasteiger partial charge in [-0.3, -0.25) is 14.4 Å². The Balaban J connectivity index is 1.57. The van der Waals surface area contributed by atoms with E-state index in [1.165, 1.54) is 30.0 Å². The number of nitrogens with one attached hydrogen (secondary N) is 3. The molecule has 4 rings (SSSR count). The summed E-state index contributed by atoms with van der Waals surface area (Å²) >= 11 is 7.16. The highest BCUT2D eigenvalue weighted by molar-refractivity contribution is 7.98. The molecule has 0 saturated carbocycles. The van der Waals surface area contributed by atoms with Crippen LogP contribution in [0.4, 0.5) is 15.9 Å². The maximum atomic E-state index is 13.4. The summed E-state index contributed by atoms with van der Waals surface area (Å²) in [5, 5.41) is 6.05. The number of nitrogens with zero attached hydrogens (tertiary/aromatic N) is 1. The number of hydrogen-bond acceptors (Lipinski definition) is 5. The third-order valence-corrected chi connectivity index (χ3v) is 5.82. The minimum atomic E-state index is -1.04. The van der Waals surface area contributed by atoms with Gasteiger partial charge >= 0.3 is 0 Å². The molecular weight excluding hydrogens is 443 g/mol. The van der Waals surface area contributed by atoms with Crippen LogP contribution < -0.4 is 16.2 Å². The van der Waals surface area contributed by atoms with Gasteiger partial charge in [-0.15, -0.1) is 0 Å². The van der Waals surface area contributed by atoms with Crippen molar-refractivity contribution in [2.24, 2.45) is 0 Å². The fraction of sp³-hybridized carbons (Fsp3) is 0.143. The van der Waals surface area contributed by atoms with Crippen molar-refractivity contribution in [3.8, 4) is 0 Å². The molecule has 1 aliphatic rings. The lowest BCUT2D eigenvalue weighted by atomic mass is 9.92. The molecule has 0 bridgehead atoms. The maximum Gasteiger partial charge on any atom is 0.257 e. The number of rotatable bonds is 5. The van der Waals surface area contributed by atoms with E-state index < -0.39 is 29.1 Å². The van der Waals surface area contributed by atoms with E-state index in [1.54, 1.807) is 12.1 Å². The Labute approximate surface area is 185 Å². The van der Waals surface area contributed by atoms with Crippen molar-refractivity contribution >= 4 is 46.7 Å². The van der Waals surface area contributed by atoms with Crippen LogP contribution in [0.1, 0.15) is 23.5 Å². The molecule has 3 aromatic rings. The van der Waals surface area contributed by atoms with Gasteiger partial charge in [0.05, 0.1) is 11.5 Å². The lowest BCUT2D eigenvalue weighted by Gasteiger charge is -2.23. The van der Waals surface area contributed by atoms with Gasteiger partial charge in [0, 0.05) is 22.9 Å². The summed E-state index contributed by atoms with van der Waals surface area (Å²) in [6, 6.07) is 12.6. The molecule has 158 valence electrons. The molecule has 0 aliphatic carbocycles. The highest BCUT2D eigenvalue weighted by atomic mass is 35.5. The predicted octanol–water partition coefficient (Wildman–Crippen LogP) is 3.92. The summed E-state index contributed by atoms with van der Waals surface area (Å²) in [7, 11) is 0. The van der Waals surface area contributed by atoms with Gasteiger partial charge in [-0.05, 0) is 35.9 Å². The van der Waals surface area contributed by atoms with Gasteiger partial charge < -0.3 is 15.6 Å². The summed E-state index contributed by atoms with van der Waals surface area (Å²) in [5.74, 6) is -2.00. The molecule has 3 N–H and O–H groups in total. The lowest BCUT2D eigenvalue weighted by molar-refractivity contribution is -0.123. The number of fused-ring (bicyclic) bond motifs is 1. The van der Waals surface area contributed by atoms with Crippen molar-refractivity contribution in [1.82, 2.24) is 9.97 Å². The monoisotopic (exact) mass is 458 g/mol. The number of anilines is 2. The van der Waals surface area contributed by atoms with E-state index in [0.29, 0.717) is 15.9 Å². The highest BCUT2D eigenvalue weighted by Gasteiger charge is 2.34. The van der Waals surface area contributed by atoms with Gasteiger partial charge in [0.25, 0.3) is 5.56 Å². The van der Waals surface area contributed by atoms with E-state index in [2.05, 4.69) is 20.6 Å². The number of amides is 2. The highest BCUT2D eigenvalue weighted by Crippen LogP contribution is 2.31. The van der Waals surface area contributed by atoms with Gasteiger partial charge in [0.1, 0.15) is 11.6 Å². The van der Waals surface area contributed by atoms with Crippen LogP contribution in [0.5, 0.6) is 0 Å². The second-order valence-corrected chi connectivity index (χ2v) is 8.25. The number of aromatic nitrogens is 2. The lowest BCUT2D eigenvalue weighted by Crippen LogP contribution is -2.36. The first-order chi connectivity index (χ1) is 14.9. The van der Waals surface area contributed by atoms with Crippen molar-refractivity contribution in [1.29, 1.82) is 0 Å². The maximum absolute atomic E-state index is 13.4. The van der Waals surface area contributed by atoms with Crippen LogP contribution in [0.2, 0.25) is 5.02 Å². The van der Waals surface area contributed by atoms with Crippen LogP contribution in [0, 0.1) is 5.82 Å². The third-order valence-electron chi connectivity index (χ3n) is 4.63. The van der Waals surface area contributed by atoms with Crippen LogP contribution in [-0.4, -0.2) is 21.8 Å². The molecule has 1 aromatic heterocycles. The molecule has 0 radical (unpaired) electrons. The zero-order valence-electron chi connectivity index (χ0n) is 15.9. The normalized spacial score (nSPS) is 15.2. The number of carbonyl (C=O) groups is 2. The number of halogens is 2. The van der Waals surface area contributed by atoms with Gasteiger partial charge in [-0.1, -0.05) is 41.6 Å². The molecule has 7 nitrogen and oxygen atoms in total. The Morgan fingerprint density at radius 3 is 2.74 bits per heavy atom. The predicted molar refractivity (Wildman–Crippen MR) is 117 cm³/mol. The molecule has 1 atom stereocenters. The van der Waals surface area contributed by atoms with Crippen LogP contribution >= 0.6 is 23.4 Å². The van der Waals surface area contributed by atoms with E-state index in [4.69, 9.17) is 11.6 Å². The van der Waals surface area contributed by atoms with Gasteiger partial charge in [0.15, 0.2) is 5.16 Å². The fourth-order valence-electron chi connectivity index (χ4n) is 3.17. The number of carbonyl (C=O) groups excluding carboxylic acids is 2. The second-order valence-electron chi connectivity index (χ2n) is 6.85. The molecule has 2 aromatic carbocycles. The van der Waals surface area contributed by atoms with Crippen LogP contribution in [0.25, 0.3) is 0 Å². The van der Waals surface area contributed by atoms with E-state index in [9.17, 15) is 18.8 Å². The molecule has 2 heterocycles. The summed E-state index contributed by atoms with van der Waals surface area (Å²) in [6.45, 7) is 0. The van der Waals surface area contributed by atoms with E-state index in [-0.39, 0.29) is 23.5 Å². The van der Waals surface area contributed by atoms with Gasteiger partial charge in [-0.2, -0.15) is 0 Å². The minimum absolute atomic E-state index is 0.0537. The Bertz CT molecular complexity index is 1220. The van der Waals surface area contributed by atoms with Crippen molar-refractivity contribution < 1.29 is 14.0 Å². The fourth-order valence-corrected chi connectivity index (χ4v) is 4.11. The molecule has 0 fully saturated rings. The first-order valence-electron chi connectivity index (χ1n) is 9.27. The average molecular weight is 459 g/mol. The van der Waals surface area contributed by atoms with Crippen molar-refractivity contribution in [3.05, 3.63) is 80.9 Å². The summed E-state index contributed by atoms with van der Waals surface area (Å²) < 4.78 is 13.4. The van der Waals surface area contributed by atoms with Crippen molar-refractivity contribution in [3.63, 3.8) is 0 Å². The minimum Gasteiger partial charge on any atom is -0.325 e. The first kappa shape index (κ1) is 21.1. The molecule has 1 unspecified atom stereocenters. The molecule has 31 heavy (non-hydrogen) atoms. The number of hydrogen-bond donors (Lipinski definition) is 3. The Morgan fingerprint density at radius 2 is 2.00 bits per heavy atom. The summed E-state index contributed by atoms with van der Waals surface area (Å²) in [4.78, 5) is 44.7. The number of H-pyrrole nitrogens is 1. The number of thioether (sulfide) groups is 1. The van der Waals surface area contributed by atoms with Gasteiger partial charge in [0.2, 0.25) is 11.8 Å². The SMILES string of the molecule is O=C1CC(C(=O)Nc2cccc(F)c2)c2c(nc(SCc3ccc(Cl)cc3)[nH]c2=O)N1. The summed E-state index contributed by atoms with van der Waals surface area (Å²) in [5.41, 5.74) is 0.774. The molecule has 0 spiro atoms. The number of aromatic amines is 1. The summed E-state index contributed by atoms with van der Waals surface area (Å²) in [6.07, 6.45) is -0.212. The van der Waals surface area contributed by atoms with Crippen LogP contribution in [0.3, 0.4) is 0 Å². The standard InChI is InChI=1S/C21H16ClFN4O3S/c22-12-6-4-11(5-7-12)10-31-21-26-18-17(20(30)27-21)15(9-16(28)25-18)19(29)24-14-3-1-2-13(23)8-14/h1-8,15H,9-10H2,(H,24,29)(H2,25,26,27,28,30). The van der Waals surface area contributed by atoms with E-state index in [1.807, 2.05) is 12.1 Å². The largest absolute Gasteiger partial charge is 0.325 e. The van der Waals surface area contributed by atoms with E-state index in [0.717, 1.165) is 11.6 Å². The smallest absolute Gasteiger partial charge is 0.257 e. The molecule has 10 heteroatoms. The Kier molecular flexibility index (Phi) is 6.06. The average Bonchev–Trinajstić information content (AvgIpc) is 2.72. The molecule has 0 saturated heterocycles. The van der Waals surface area contributed by atoms with Crippen molar-refractivity contribution in [2.45, 2.75) is 23.2 Å². The third kappa shape index (κ3) is 4.95. The quantitative estimate of drug-likeness (QED) is 0.397. The molecule has 2 amide bonds. The second kappa shape index (κ2) is 8.91. The topological polar surface area (TPSA) is 104 Å². The van der Waals surface area contributed by atoms with Gasteiger partial charge in [-0.25, -0.2) is 9.37 Å². The molecule has 1 aliphatic heterocycles. The zero-order valence-corrected chi connectivity index (χ0v) is 17.5. The first-order valence-corrected chi connectivity index (χ1v) is 10.6. The van der Waals surface area contributed by atoms with Crippen LogP contribution in [-0.2, 0) is 15.3 Å². The Morgan fingerprint density at radius 1 is 1.23 bits per heavy atom. The van der Waals surface area contributed by atoms with E-state index >= 15 is 0 Å². The zero-order chi connectivity index (χ0) is 22.0. The Hall–Kier alpha value is -3.17.